The van der Waals surface area contributed by atoms with Crippen molar-refractivity contribution in [1.82, 2.24) is 20.0 Å². The fraction of sp³-hybridized carbons (Fsp3) is 0.500. The summed E-state index contributed by atoms with van der Waals surface area (Å²) < 4.78 is 16.7. The average Bonchev–Trinajstić information content (AvgIpc) is 3.32. The van der Waals surface area contributed by atoms with Crippen molar-refractivity contribution >= 4 is 27.6 Å². The lowest BCUT2D eigenvalue weighted by Gasteiger charge is -2.33. The summed E-state index contributed by atoms with van der Waals surface area (Å²) in [6.07, 6.45) is 3.07. The second-order valence-corrected chi connectivity index (χ2v) is 9.03. The molecule has 0 atom stereocenters. The molecule has 1 saturated heterocycles. The fourth-order valence-electron chi connectivity index (χ4n) is 3.12. The van der Waals surface area contributed by atoms with Gasteiger partial charge >= 0.3 is 6.09 Å². The van der Waals surface area contributed by atoms with Crippen LogP contribution >= 0.6 is 11.3 Å². The summed E-state index contributed by atoms with van der Waals surface area (Å²) in [6.45, 7) is 7.13. The molecule has 9 heteroatoms. The maximum absolute atomic E-state index is 12.1. The molecule has 4 heterocycles. The molecule has 1 aliphatic heterocycles. The fourth-order valence-corrected chi connectivity index (χ4v) is 4.04. The van der Waals surface area contributed by atoms with Crippen molar-refractivity contribution in [3.05, 3.63) is 30.2 Å². The van der Waals surface area contributed by atoms with Gasteiger partial charge in [0.2, 0.25) is 0 Å². The van der Waals surface area contributed by atoms with E-state index in [1.807, 2.05) is 39.0 Å². The van der Waals surface area contributed by atoms with E-state index >= 15 is 0 Å². The minimum atomic E-state index is -0.481. The smallest absolute Gasteiger partial charge is 0.410 e. The van der Waals surface area contributed by atoms with Crippen molar-refractivity contribution in [2.45, 2.75) is 51.9 Å². The van der Waals surface area contributed by atoms with Gasteiger partial charge in [0.05, 0.1) is 11.0 Å². The van der Waals surface area contributed by atoms with Crippen molar-refractivity contribution in [3.8, 4) is 10.8 Å². The predicted octanol–water partition coefficient (Wildman–Crippen LogP) is 4.26. The van der Waals surface area contributed by atoms with Gasteiger partial charge in [-0.3, -0.25) is 0 Å². The Hall–Kier alpha value is -2.52. The SMILES string of the molecule is CC(C)(C)OC(=O)N1CCC(OCc2noc(-c3cc4cccnc4s3)n2)CC1. The van der Waals surface area contributed by atoms with Gasteiger partial charge < -0.3 is 18.9 Å². The number of piperidine rings is 1. The number of pyridine rings is 1. The Kier molecular flexibility index (Phi) is 5.51. The van der Waals surface area contributed by atoms with Gasteiger partial charge in [-0.2, -0.15) is 4.98 Å². The van der Waals surface area contributed by atoms with Crippen LogP contribution in [-0.2, 0) is 16.1 Å². The molecule has 1 aliphatic rings. The zero-order chi connectivity index (χ0) is 20.4. The van der Waals surface area contributed by atoms with E-state index in [-0.39, 0.29) is 18.8 Å². The lowest BCUT2D eigenvalue weighted by atomic mass is 10.1. The van der Waals surface area contributed by atoms with Crippen LogP contribution in [0.25, 0.3) is 21.0 Å². The predicted molar refractivity (Wildman–Crippen MR) is 109 cm³/mol. The number of rotatable bonds is 4. The lowest BCUT2D eigenvalue weighted by Crippen LogP contribution is -2.43. The second-order valence-electron chi connectivity index (χ2n) is 8.00. The van der Waals surface area contributed by atoms with Gasteiger partial charge in [0.15, 0.2) is 5.82 Å². The van der Waals surface area contributed by atoms with Gasteiger partial charge in [-0.05, 0) is 45.7 Å². The van der Waals surface area contributed by atoms with Crippen LogP contribution in [0, 0.1) is 0 Å². The average molecular weight is 417 g/mol. The van der Waals surface area contributed by atoms with E-state index in [0.717, 1.165) is 27.9 Å². The molecular formula is C20H24N4O4S. The summed E-state index contributed by atoms with van der Waals surface area (Å²) >= 11 is 1.52. The van der Waals surface area contributed by atoms with Gasteiger partial charge in [-0.1, -0.05) is 11.2 Å². The van der Waals surface area contributed by atoms with Crippen molar-refractivity contribution in [2.75, 3.05) is 13.1 Å². The van der Waals surface area contributed by atoms with E-state index < -0.39 is 5.60 Å². The first-order valence-electron chi connectivity index (χ1n) is 9.64. The highest BCUT2D eigenvalue weighted by Gasteiger charge is 2.27. The Bertz CT molecular complexity index is 953. The molecule has 0 aliphatic carbocycles. The minimum absolute atomic E-state index is 0.0594. The largest absolute Gasteiger partial charge is 0.444 e. The van der Waals surface area contributed by atoms with Crippen molar-refractivity contribution < 1.29 is 18.8 Å². The van der Waals surface area contributed by atoms with Gasteiger partial charge in [0, 0.05) is 24.7 Å². The van der Waals surface area contributed by atoms with E-state index in [1.54, 1.807) is 11.1 Å². The first kappa shape index (κ1) is 19.8. The zero-order valence-electron chi connectivity index (χ0n) is 16.8. The second kappa shape index (κ2) is 8.08. The van der Waals surface area contributed by atoms with Crippen molar-refractivity contribution in [1.29, 1.82) is 0 Å². The number of hydrogen-bond donors (Lipinski definition) is 0. The number of likely N-dealkylation sites (tertiary alicyclic amines) is 1. The summed E-state index contributed by atoms with van der Waals surface area (Å²) in [6, 6.07) is 5.91. The van der Waals surface area contributed by atoms with Crippen LogP contribution in [0.1, 0.15) is 39.4 Å². The number of aromatic nitrogens is 3. The summed E-state index contributed by atoms with van der Waals surface area (Å²) in [5, 5.41) is 5.08. The Morgan fingerprint density at radius 3 is 2.86 bits per heavy atom. The van der Waals surface area contributed by atoms with E-state index in [0.29, 0.717) is 24.8 Å². The lowest BCUT2D eigenvalue weighted by molar-refractivity contribution is -0.0190. The summed E-state index contributed by atoms with van der Waals surface area (Å²) in [5.41, 5.74) is -0.481. The van der Waals surface area contributed by atoms with Gasteiger partial charge in [0.25, 0.3) is 5.89 Å². The van der Waals surface area contributed by atoms with E-state index in [1.165, 1.54) is 11.3 Å². The third kappa shape index (κ3) is 4.91. The molecule has 4 rings (SSSR count). The summed E-state index contributed by atoms with van der Waals surface area (Å²) in [7, 11) is 0. The molecule has 0 saturated carbocycles. The summed E-state index contributed by atoms with van der Waals surface area (Å²) in [5.74, 6) is 0.992. The highest BCUT2D eigenvalue weighted by molar-refractivity contribution is 7.21. The van der Waals surface area contributed by atoms with Gasteiger partial charge in [-0.25, -0.2) is 9.78 Å². The number of nitrogens with zero attached hydrogens (tertiary/aromatic N) is 4. The number of carbonyl (C=O) groups excluding carboxylic acids is 1. The van der Waals surface area contributed by atoms with Crippen LogP contribution in [-0.4, -0.2) is 50.9 Å². The number of thiophene rings is 1. The Balaban J connectivity index is 1.28. The third-order valence-corrected chi connectivity index (χ3v) is 5.56. The van der Waals surface area contributed by atoms with Crippen molar-refractivity contribution in [2.24, 2.45) is 0 Å². The Morgan fingerprint density at radius 1 is 1.34 bits per heavy atom. The number of fused-ring (bicyclic) bond motifs is 1. The molecule has 0 spiro atoms. The Labute approximate surface area is 172 Å². The number of hydrogen-bond acceptors (Lipinski definition) is 8. The van der Waals surface area contributed by atoms with Crippen LogP contribution in [0.15, 0.2) is 28.9 Å². The van der Waals surface area contributed by atoms with Gasteiger partial charge in [0.1, 0.15) is 17.0 Å². The number of carbonyl (C=O) groups is 1. The molecule has 0 radical (unpaired) electrons. The topological polar surface area (TPSA) is 90.6 Å². The zero-order valence-corrected chi connectivity index (χ0v) is 17.6. The Morgan fingerprint density at radius 2 is 2.14 bits per heavy atom. The molecular weight excluding hydrogens is 392 g/mol. The van der Waals surface area contributed by atoms with E-state index in [4.69, 9.17) is 14.0 Å². The normalized spacial score (nSPS) is 15.8. The molecule has 0 bridgehead atoms. The van der Waals surface area contributed by atoms with Crippen LogP contribution in [0.5, 0.6) is 0 Å². The van der Waals surface area contributed by atoms with E-state index in [9.17, 15) is 4.79 Å². The van der Waals surface area contributed by atoms with Crippen LogP contribution in [0.3, 0.4) is 0 Å². The molecule has 29 heavy (non-hydrogen) atoms. The molecule has 154 valence electrons. The van der Waals surface area contributed by atoms with Crippen molar-refractivity contribution in [3.63, 3.8) is 0 Å². The molecule has 1 fully saturated rings. The third-order valence-electron chi connectivity index (χ3n) is 4.51. The molecule has 1 amide bonds. The monoisotopic (exact) mass is 416 g/mol. The standard InChI is InChI=1S/C20H24N4O4S/c1-20(2,3)27-19(25)24-9-6-14(7-10-24)26-12-16-22-17(28-23-16)15-11-13-5-4-8-21-18(13)29-15/h4-5,8,11,14H,6-7,9-10,12H2,1-3H3. The maximum Gasteiger partial charge on any atom is 0.410 e. The molecule has 3 aromatic heterocycles. The quantitative estimate of drug-likeness (QED) is 0.627. The summed E-state index contributed by atoms with van der Waals surface area (Å²) in [4.78, 5) is 24.5. The van der Waals surface area contributed by atoms with Crippen LogP contribution in [0.2, 0.25) is 0 Å². The van der Waals surface area contributed by atoms with E-state index in [2.05, 4.69) is 15.1 Å². The molecule has 0 N–H and O–H groups in total. The molecule has 0 unspecified atom stereocenters. The molecule has 0 aromatic carbocycles. The molecule has 3 aromatic rings. The first-order chi connectivity index (χ1) is 13.9. The van der Waals surface area contributed by atoms with Gasteiger partial charge in [-0.15, -0.1) is 11.3 Å². The van der Waals surface area contributed by atoms with Crippen LogP contribution < -0.4 is 0 Å². The highest BCUT2D eigenvalue weighted by Crippen LogP contribution is 2.31. The van der Waals surface area contributed by atoms with Crippen LogP contribution in [0.4, 0.5) is 4.79 Å². The highest BCUT2D eigenvalue weighted by atomic mass is 32.1. The minimum Gasteiger partial charge on any atom is -0.444 e. The number of ether oxygens (including phenoxy) is 2. The molecule has 8 nitrogen and oxygen atoms in total. The maximum atomic E-state index is 12.1. The first-order valence-corrected chi connectivity index (χ1v) is 10.5. The number of amides is 1.